The van der Waals surface area contributed by atoms with Gasteiger partial charge in [0.25, 0.3) is 0 Å². The second-order valence-electron chi connectivity index (χ2n) is 5.79. The normalized spacial score (nSPS) is 23.9. The zero-order valence-corrected chi connectivity index (χ0v) is 12.7. The Morgan fingerprint density at radius 2 is 2.15 bits per heavy atom. The molecule has 2 aliphatic heterocycles. The molecule has 0 aromatic heterocycles. The quantitative estimate of drug-likeness (QED) is 0.928. The third-order valence-corrected chi connectivity index (χ3v) is 4.54. The van der Waals surface area contributed by atoms with Crippen LogP contribution in [0.25, 0.3) is 0 Å². The van der Waals surface area contributed by atoms with Gasteiger partial charge < -0.3 is 15.0 Å². The van der Waals surface area contributed by atoms with E-state index in [-0.39, 0.29) is 0 Å². The minimum Gasteiger partial charge on any atom is -0.378 e. The Morgan fingerprint density at radius 1 is 1.30 bits per heavy atom. The smallest absolute Gasteiger partial charge is 0.0642 e. The van der Waals surface area contributed by atoms with Crippen LogP contribution in [0.15, 0.2) is 18.2 Å². The van der Waals surface area contributed by atoms with E-state index in [4.69, 9.17) is 16.3 Å². The number of anilines is 1. The second-order valence-corrected chi connectivity index (χ2v) is 6.23. The van der Waals surface area contributed by atoms with Crippen LogP contribution in [0.1, 0.15) is 18.4 Å². The van der Waals surface area contributed by atoms with Gasteiger partial charge in [-0.25, -0.2) is 0 Å². The Balaban J connectivity index is 1.77. The van der Waals surface area contributed by atoms with Gasteiger partial charge in [0.15, 0.2) is 0 Å². The molecule has 2 aliphatic rings. The van der Waals surface area contributed by atoms with Gasteiger partial charge in [-0.05, 0) is 62.0 Å². The van der Waals surface area contributed by atoms with E-state index in [1.807, 2.05) is 6.07 Å². The zero-order valence-electron chi connectivity index (χ0n) is 11.9. The molecule has 20 heavy (non-hydrogen) atoms. The monoisotopic (exact) mass is 294 g/mol. The molecule has 3 nitrogen and oxygen atoms in total. The van der Waals surface area contributed by atoms with Crippen molar-refractivity contribution in [1.29, 1.82) is 0 Å². The molecule has 2 fully saturated rings. The summed E-state index contributed by atoms with van der Waals surface area (Å²) in [5.74, 6) is 0.738. The van der Waals surface area contributed by atoms with Crippen LogP contribution in [0.4, 0.5) is 5.69 Å². The van der Waals surface area contributed by atoms with Gasteiger partial charge in [0.1, 0.15) is 0 Å². The molecule has 2 saturated heterocycles. The Hall–Kier alpha value is -0.770. The van der Waals surface area contributed by atoms with Crippen LogP contribution in [0.2, 0.25) is 5.02 Å². The number of hydrogen-bond acceptors (Lipinski definition) is 3. The van der Waals surface area contributed by atoms with E-state index >= 15 is 0 Å². The van der Waals surface area contributed by atoms with Gasteiger partial charge in [-0.15, -0.1) is 0 Å². The van der Waals surface area contributed by atoms with Crippen molar-refractivity contribution in [2.45, 2.75) is 19.3 Å². The van der Waals surface area contributed by atoms with Gasteiger partial charge in [-0.3, -0.25) is 0 Å². The highest BCUT2D eigenvalue weighted by Gasteiger charge is 2.19. The molecule has 0 saturated carbocycles. The Morgan fingerprint density at radius 3 is 2.90 bits per heavy atom. The molecule has 0 spiro atoms. The van der Waals surface area contributed by atoms with Crippen LogP contribution < -0.4 is 10.2 Å². The summed E-state index contributed by atoms with van der Waals surface area (Å²) in [6.45, 7) is 5.92. The van der Waals surface area contributed by atoms with Gasteiger partial charge in [0.05, 0.1) is 13.2 Å². The van der Waals surface area contributed by atoms with Crippen molar-refractivity contribution in [3.63, 3.8) is 0 Å². The van der Waals surface area contributed by atoms with Gasteiger partial charge in [0.2, 0.25) is 0 Å². The minimum atomic E-state index is 0.738. The molecule has 110 valence electrons. The van der Waals surface area contributed by atoms with Crippen molar-refractivity contribution < 1.29 is 4.74 Å². The number of nitrogens with one attached hydrogen (secondary N) is 1. The summed E-state index contributed by atoms with van der Waals surface area (Å²) < 4.78 is 5.46. The lowest BCUT2D eigenvalue weighted by Crippen LogP contribution is -2.37. The van der Waals surface area contributed by atoms with Crippen molar-refractivity contribution in [3.05, 3.63) is 28.8 Å². The van der Waals surface area contributed by atoms with E-state index in [0.29, 0.717) is 0 Å². The number of rotatable bonds is 3. The molecular formula is C16H23ClN2O. The summed E-state index contributed by atoms with van der Waals surface area (Å²) in [7, 11) is 0. The first kappa shape index (κ1) is 14.2. The molecule has 1 atom stereocenters. The van der Waals surface area contributed by atoms with Crippen molar-refractivity contribution in [2.75, 3.05) is 44.3 Å². The lowest BCUT2D eigenvalue weighted by molar-refractivity contribution is 0.122. The number of nitrogens with zero attached hydrogens (tertiary/aromatic N) is 1. The number of piperidine rings is 1. The zero-order chi connectivity index (χ0) is 13.8. The summed E-state index contributed by atoms with van der Waals surface area (Å²) in [6.07, 6.45) is 3.74. The van der Waals surface area contributed by atoms with Crippen molar-refractivity contribution in [2.24, 2.45) is 5.92 Å². The molecule has 0 aliphatic carbocycles. The average molecular weight is 295 g/mol. The summed E-state index contributed by atoms with van der Waals surface area (Å²) in [5, 5.41) is 4.35. The van der Waals surface area contributed by atoms with Crippen molar-refractivity contribution in [3.8, 4) is 0 Å². The van der Waals surface area contributed by atoms with Gasteiger partial charge in [-0.1, -0.05) is 11.6 Å². The van der Waals surface area contributed by atoms with E-state index in [1.165, 1.54) is 30.6 Å². The molecule has 3 rings (SSSR count). The first-order chi connectivity index (χ1) is 9.83. The third-order valence-electron chi connectivity index (χ3n) is 4.30. The van der Waals surface area contributed by atoms with E-state index in [2.05, 4.69) is 22.3 Å². The van der Waals surface area contributed by atoms with Crippen LogP contribution in [-0.4, -0.2) is 39.4 Å². The van der Waals surface area contributed by atoms with E-state index in [1.54, 1.807) is 0 Å². The lowest BCUT2D eigenvalue weighted by Gasteiger charge is -2.32. The highest BCUT2D eigenvalue weighted by molar-refractivity contribution is 6.30. The molecule has 1 N–H and O–H groups in total. The maximum Gasteiger partial charge on any atom is 0.0642 e. The van der Waals surface area contributed by atoms with Crippen LogP contribution in [0.5, 0.6) is 0 Å². The molecular weight excluding hydrogens is 272 g/mol. The molecule has 2 heterocycles. The summed E-state index contributed by atoms with van der Waals surface area (Å²) >= 11 is 6.21. The molecule has 0 radical (unpaired) electrons. The lowest BCUT2D eigenvalue weighted by atomic mass is 9.91. The highest BCUT2D eigenvalue weighted by Crippen LogP contribution is 2.29. The van der Waals surface area contributed by atoms with Crippen LogP contribution in [-0.2, 0) is 11.2 Å². The predicted molar refractivity (Wildman–Crippen MR) is 83.8 cm³/mol. The van der Waals surface area contributed by atoms with Crippen LogP contribution in [0.3, 0.4) is 0 Å². The number of benzene rings is 1. The fourth-order valence-corrected chi connectivity index (χ4v) is 3.43. The Bertz CT molecular complexity index is 440. The van der Waals surface area contributed by atoms with Gasteiger partial charge in [0, 0.05) is 23.8 Å². The topological polar surface area (TPSA) is 24.5 Å². The molecule has 1 aromatic rings. The SMILES string of the molecule is Clc1ccc(N2CCOCC2)c(CC2CCCNC2)c1. The Kier molecular flexibility index (Phi) is 4.81. The molecule has 0 bridgehead atoms. The van der Waals surface area contributed by atoms with E-state index in [9.17, 15) is 0 Å². The third kappa shape index (κ3) is 3.46. The predicted octanol–water partition coefficient (Wildman–Crippen LogP) is 2.72. The number of halogens is 1. The van der Waals surface area contributed by atoms with Crippen LogP contribution in [0, 0.1) is 5.92 Å². The molecule has 1 unspecified atom stereocenters. The van der Waals surface area contributed by atoms with E-state index < -0.39 is 0 Å². The average Bonchev–Trinajstić information content (AvgIpc) is 2.49. The first-order valence-corrected chi connectivity index (χ1v) is 8.02. The van der Waals surface area contributed by atoms with Gasteiger partial charge >= 0.3 is 0 Å². The summed E-state index contributed by atoms with van der Waals surface area (Å²) in [6, 6.07) is 6.34. The second kappa shape index (κ2) is 6.79. The Labute approximate surface area is 126 Å². The summed E-state index contributed by atoms with van der Waals surface area (Å²) in [4.78, 5) is 2.44. The molecule has 4 heteroatoms. The standard InChI is InChI=1S/C16H23ClN2O/c17-15-3-4-16(19-6-8-20-9-7-19)14(11-15)10-13-2-1-5-18-12-13/h3-4,11,13,18H,1-2,5-10,12H2. The highest BCUT2D eigenvalue weighted by atomic mass is 35.5. The largest absolute Gasteiger partial charge is 0.378 e. The number of ether oxygens (including phenoxy) is 1. The van der Waals surface area contributed by atoms with E-state index in [0.717, 1.165) is 50.2 Å². The number of hydrogen-bond donors (Lipinski definition) is 1. The maximum atomic E-state index is 6.21. The van der Waals surface area contributed by atoms with Gasteiger partial charge in [-0.2, -0.15) is 0 Å². The molecule has 1 aromatic carbocycles. The minimum absolute atomic E-state index is 0.738. The fraction of sp³-hybridized carbons (Fsp3) is 0.625. The molecule has 0 amide bonds. The maximum absolute atomic E-state index is 6.21. The van der Waals surface area contributed by atoms with Crippen molar-refractivity contribution in [1.82, 2.24) is 5.32 Å². The van der Waals surface area contributed by atoms with Crippen LogP contribution >= 0.6 is 11.6 Å². The van der Waals surface area contributed by atoms with Crippen molar-refractivity contribution >= 4 is 17.3 Å². The fourth-order valence-electron chi connectivity index (χ4n) is 3.24. The first-order valence-electron chi connectivity index (χ1n) is 7.65. The summed E-state index contributed by atoms with van der Waals surface area (Å²) in [5.41, 5.74) is 2.75. The number of morpholine rings is 1.